The predicted molar refractivity (Wildman–Crippen MR) is 98.0 cm³/mol. The van der Waals surface area contributed by atoms with E-state index >= 15 is 0 Å². The van der Waals surface area contributed by atoms with Crippen LogP contribution in [0.5, 0.6) is 0 Å². The van der Waals surface area contributed by atoms with Gasteiger partial charge in [0.1, 0.15) is 0 Å². The summed E-state index contributed by atoms with van der Waals surface area (Å²) in [5.41, 5.74) is 6.90. The van der Waals surface area contributed by atoms with Crippen LogP contribution in [0.4, 0.5) is 11.4 Å². The van der Waals surface area contributed by atoms with Crippen molar-refractivity contribution in [2.75, 3.05) is 10.5 Å². The Labute approximate surface area is 146 Å². The molecule has 3 aromatic rings. The van der Waals surface area contributed by atoms with Crippen molar-refractivity contribution in [1.29, 1.82) is 0 Å². The van der Waals surface area contributed by atoms with E-state index in [-0.39, 0.29) is 21.9 Å². The van der Waals surface area contributed by atoms with Crippen LogP contribution in [-0.4, -0.2) is 14.2 Å². The molecule has 0 radical (unpaired) electrons. The molecule has 0 bridgehead atoms. The van der Waals surface area contributed by atoms with Crippen molar-refractivity contribution >= 4 is 27.2 Å². The zero-order valence-corrected chi connectivity index (χ0v) is 14.0. The van der Waals surface area contributed by atoms with Crippen LogP contribution >= 0.6 is 0 Å². The van der Waals surface area contributed by atoms with Crippen LogP contribution in [0.2, 0.25) is 0 Å². The van der Waals surface area contributed by atoms with Gasteiger partial charge in [-0.3, -0.25) is 9.52 Å². The molecular weight excluding hydrogens is 336 g/mol. The molecule has 0 atom stereocenters. The minimum absolute atomic E-state index is 0.0906. The van der Waals surface area contributed by atoms with Gasteiger partial charge in [0.25, 0.3) is 10.0 Å². The Bertz CT molecular complexity index is 1020. The Kier molecular flexibility index (Phi) is 4.54. The van der Waals surface area contributed by atoms with Gasteiger partial charge in [0, 0.05) is 11.1 Å². The SMILES string of the molecule is Nc1ccccc1NS(=O)(=O)c1ccccc1C(=O)c1ccccc1. The maximum atomic E-state index is 12.8. The minimum atomic E-state index is -3.97. The minimum Gasteiger partial charge on any atom is -0.397 e. The molecule has 0 aromatic heterocycles. The number of nitrogen functional groups attached to an aromatic ring is 1. The van der Waals surface area contributed by atoms with E-state index in [0.29, 0.717) is 11.3 Å². The highest BCUT2D eigenvalue weighted by molar-refractivity contribution is 7.92. The van der Waals surface area contributed by atoms with E-state index in [1.54, 1.807) is 66.7 Å². The molecule has 0 aliphatic heterocycles. The quantitative estimate of drug-likeness (QED) is 0.545. The maximum Gasteiger partial charge on any atom is 0.262 e. The van der Waals surface area contributed by atoms with Gasteiger partial charge in [0.2, 0.25) is 0 Å². The molecule has 0 saturated carbocycles. The Hall–Kier alpha value is -3.12. The van der Waals surface area contributed by atoms with Crippen molar-refractivity contribution in [3.63, 3.8) is 0 Å². The fourth-order valence-corrected chi connectivity index (χ4v) is 3.72. The van der Waals surface area contributed by atoms with E-state index < -0.39 is 10.0 Å². The second-order valence-corrected chi connectivity index (χ2v) is 7.03. The number of carbonyl (C=O) groups is 1. The third kappa shape index (κ3) is 3.54. The number of nitrogens with one attached hydrogen (secondary N) is 1. The predicted octanol–water partition coefficient (Wildman–Crippen LogP) is 3.30. The molecule has 3 N–H and O–H groups in total. The highest BCUT2D eigenvalue weighted by Gasteiger charge is 2.23. The van der Waals surface area contributed by atoms with Crippen LogP contribution in [0.3, 0.4) is 0 Å². The van der Waals surface area contributed by atoms with Crippen molar-refractivity contribution < 1.29 is 13.2 Å². The first-order valence-electron chi connectivity index (χ1n) is 7.55. The number of ketones is 1. The second kappa shape index (κ2) is 6.78. The Morgan fingerprint density at radius 1 is 0.800 bits per heavy atom. The van der Waals surface area contributed by atoms with E-state index in [1.807, 2.05) is 0 Å². The van der Waals surface area contributed by atoms with Gasteiger partial charge in [-0.15, -0.1) is 0 Å². The van der Waals surface area contributed by atoms with Gasteiger partial charge in [0.15, 0.2) is 5.78 Å². The number of para-hydroxylation sites is 2. The Morgan fingerprint density at radius 2 is 1.40 bits per heavy atom. The zero-order chi connectivity index (χ0) is 17.9. The first-order chi connectivity index (χ1) is 12.0. The largest absolute Gasteiger partial charge is 0.397 e. The van der Waals surface area contributed by atoms with E-state index in [4.69, 9.17) is 5.73 Å². The molecule has 6 heteroatoms. The summed E-state index contributed by atoms with van der Waals surface area (Å²) in [5, 5.41) is 0. The number of anilines is 2. The number of nitrogens with two attached hydrogens (primary N) is 1. The van der Waals surface area contributed by atoms with Crippen molar-refractivity contribution in [2.24, 2.45) is 0 Å². The Morgan fingerprint density at radius 3 is 2.12 bits per heavy atom. The summed E-state index contributed by atoms with van der Waals surface area (Å²) < 4.78 is 28.0. The number of carbonyl (C=O) groups excluding carboxylic acids is 1. The zero-order valence-electron chi connectivity index (χ0n) is 13.2. The summed E-state index contributed by atoms with van der Waals surface area (Å²) in [7, 11) is -3.97. The van der Waals surface area contributed by atoms with E-state index in [1.165, 1.54) is 12.1 Å². The van der Waals surface area contributed by atoms with Gasteiger partial charge in [-0.2, -0.15) is 0 Å². The average molecular weight is 352 g/mol. The molecule has 3 aromatic carbocycles. The first kappa shape index (κ1) is 16.7. The average Bonchev–Trinajstić information content (AvgIpc) is 2.64. The lowest BCUT2D eigenvalue weighted by Gasteiger charge is -2.13. The number of rotatable bonds is 5. The monoisotopic (exact) mass is 352 g/mol. The molecule has 126 valence electrons. The molecule has 0 amide bonds. The van der Waals surface area contributed by atoms with E-state index in [0.717, 1.165) is 0 Å². The first-order valence-corrected chi connectivity index (χ1v) is 9.03. The number of hydrogen-bond donors (Lipinski definition) is 2. The van der Waals surface area contributed by atoms with Gasteiger partial charge >= 0.3 is 0 Å². The fourth-order valence-electron chi connectivity index (χ4n) is 2.42. The topological polar surface area (TPSA) is 89.3 Å². The Balaban J connectivity index is 2.03. The third-order valence-electron chi connectivity index (χ3n) is 3.66. The van der Waals surface area contributed by atoms with Gasteiger partial charge < -0.3 is 5.73 Å². The second-order valence-electron chi connectivity index (χ2n) is 5.38. The molecule has 0 spiro atoms. The molecule has 0 aliphatic carbocycles. The van der Waals surface area contributed by atoms with E-state index in [2.05, 4.69) is 4.72 Å². The van der Waals surface area contributed by atoms with Crippen LogP contribution in [0.25, 0.3) is 0 Å². The summed E-state index contributed by atoms with van der Waals surface area (Å²) in [6.07, 6.45) is 0. The molecule has 25 heavy (non-hydrogen) atoms. The van der Waals surface area contributed by atoms with E-state index in [9.17, 15) is 13.2 Å². The van der Waals surface area contributed by atoms with Crippen molar-refractivity contribution in [3.8, 4) is 0 Å². The molecule has 0 fully saturated rings. The molecule has 3 rings (SSSR count). The lowest BCUT2D eigenvalue weighted by Crippen LogP contribution is -2.18. The smallest absolute Gasteiger partial charge is 0.262 e. The standard InChI is InChI=1S/C19H16N2O3S/c20-16-11-5-6-12-17(16)21-25(23,24)18-13-7-4-10-15(18)19(22)14-8-2-1-3-9-14/h1-13,21H,20H2. The summed E-state index contributed by atoms with van der Waals surface area (Å²) in [6.45, 7) is 0. The third-order valence-corrected chi connectivity index (χ3v) is 5.09. The highest BCUT2D eigenvalue weighted by Crippen LogP contribution is 2.25. The summed E-state index contributed by atoms with van der Waals surface area (Å²) in [6, 6.07) is 21.2. The van der Waals surface area contributed by atoms with Gasteiger partial charge in [-0.1, -0.05) is 54.6 Å². The van der Waals surface area contributed by atoms with Crippen LogP contribution in [0, 0.1) is 0 Å². The summed E-state index contributed by atoms with van der Waals surface area (Å²) in [4.78, 5) is 12.6. The summed E-state index contributed by atoms with van der Waals surface area (Å²) in [5.74, 6) is -0.359. The maximum absolute atomic E-state index is 12.8. The normalized spacial score (nSPS) is 11.0. The van der Waals surface area contributed by atoms with Crippen LogP contribution < -0.4 is 10.5 Å². The van der Waals surface area contributed by atoms with Gasteiger partial charge in [-0.05, 0) is 24.3 Å². The van der Waals surface area contributed by atoms with Crippen LogP contribution in [-0.2, 0) is 10.0 Å². The summed E-state index contributed by atoms with van der Waals surface area (Å²) >= 11 is 0. The lowest BCUT2D eigenvalue weighted by atomic mass is 10.0. The molecule has 0 saturated heterocycles. The van der Waals surface area contributed by atoms with Crippen molar-refractivity contribution in [3.05, 3.63) is 90.0 Å². The van der Waals surface area contributed by atoms with Gasteiger partial charge in [-0.25, -0.2) is 8.42 Å². The van der Waals surface area contributed by atoms with Crippen LogP contribution in [0.1, 0.15) is 15.9 Å². The highest BCUT2D eigenvalue weighted by atomic mass is 32.2. The number of benzene rings is 3. The van der Waals surface area contributed by atoms with Crippen LogP contribution in [0.15, 0.2) is 83.8 Å². The molecular formula is C19H16N2O3S. The molecule has 0 heterocycles. The lowest BCUT2D eigenvalue weighted by molar-refractivity contribution is 0.103. The molecule has 5 nitrogen and oxygen atoms in total. The van der Waals surface area contributed by atoms with Gasteiger partial charge in [0.05, 0.1) is 16.3 Å². The molecule has 0 unspecified atom stereocenters. The fraction of sp³-hybridized carbons (Fsp3) is 0. The number of sulfonamides is 1. The molecule has 0 aliphatic rings. The number of hydrogen-bond acceptors (Lipinski definition) is 4. The van der Waals surface area contributed by atoms with Crippen molar-refractivity contribution in [1.82, 2.24) is 0 Å². The van der Waals surface area contributed by atoms with Crippen molar-refractivity contribution in [2.45, 2.75) is 4.90 Å².